The number of methoxy groups -OCH3 is 1. The molecule has 3 atom stereocenters. The van der Waals surface area contributed by atoms with Gasteiger partial charge in [0, 0.05) is 30.7 Å². The van der Waals surface area contributed by atoms with Crippen LogP contribution in [0.25, 0.3) is 0 Å². The van der Waals surface area contributed by atoms with Crippen molar-refractivity contribution in [3.8, 4) is 0 Å². The number of likely N-dealkylation sites (tertiary alicyclic amines) is 1. The summed E-state index contributed by atoms with van der Waals surface area (Å²) < 4.78 is 29.4. The standard InChI is InChI=1S/C17H23N3O5S/c1-19(2)14-10-26(23,24)15-9-20(8-13(14)15)17(22)18-12-6-4-11(5-7-12)16(21)25-3/h4-7,13-15H,8-10H2,1-3H3,(H,18,22)/t13-,14-,15-/m0/s1. The van der Waals surface area contributed by atoms with Gasteiger partial charge in [0.2, 0.25) is 0 Å². The van der Waals surface area contributed by atoms with Crippen LogP contribution in [0.2, 0.25) is 0 Å². The van der Waals surface area contributed by atoms with Gasteiger partial charge >= 0.3 is 12.0 Å². The SMILES string of the molecule is COC(=O)c1ccc(NC(=O)N2C[C@H]3[C@@H](N(C)C)CS(=O)(=O)[C@H]3C2)cc1. The van der Waals surface area contributed by atoms with Gasteiger partial charge in [-0.25, -0.2) is 18.0 Å². The number of fused-ring (bicyclic) bond motifs is 1. The fourth-order valence-electron chi connectivity index (χ4n) is 3.74. The Morgan fingerprint density at radius 1 is 1.19 bits per heavy atom. The number of amides is 2. The topological polar surface area (TPSA) is 96.0 Å². The number of hydrogen-bond donors (Lipinski definition) is 1. The lowest BCUT2D eigenvalue weighted by molar-refractivity contribution is 0.0600. The predicted molar refractivity (Wildman–Crippen MR) is 96.9 cm³/mol. The second kappa shape index (κ2) is 6.88. The van der Waals surface area contributed by atoms with Crippen LogP contribution in [-0.4, -0.2) is 81.6 Å². The van der Waals surface area contributed by atoms with Crippen LogP contribution in [0, 0.1) is 5.92 Å². The van der Waals surface area contributed by atoms with Gasteiger partial charge in [0.25, 0.3) is 0 Å². The van der Waals surface area contributed by atoms with E-state index < -0.39 is 21.1 Å². The van der Waals surface area contributed by atoms with Crippen LogP contribution in [0.1, 0.15) is 10.4 Å². The Morgan fingerprint density at radius 3 is 2.42 bits per heavy atom. The lowest BCUT2D eigenvalue weighted by Gasteiger charge is -2.25. The van der Waals surface area contributed by atoms with Crippen LogP contribution in [0.3, 0.4) is 0 Å². The molecule has 0 unspecified atom stereocenters. The molecule has 1 aromatic rings. The largest absolute Gasteiger partial charge is 0.465 e. The number of sulfone groups is 1. The Kier molecular flexibility index (Phi) is 4.94. The van der Waals surface area contributed by atoms with Crippen LogP contribution in [0.5, 0.6) is 0 Å². The van der Waals surface area contributed by atoms with Crippen molar-refractivity contribution in [2.24, 2.45) is 5.92 Å². The number of carbonyl (C=O) groups excluding carboxylic acids is 2. The maximum absolute atomic E-state index is 12.5. The summed E-state index contributed by atoms with van der Waals surface area (Å²) >= 11 is 0. The van der Waals surface area contributed by atoms with Crippen LogP contribution in [0.4, 0.5) is 10.5 Å². The molecule has 9 heteroatoms. The number of carbonyl (C=O) groups is 2. The van der Waals surface area contributed by atoms with Crippen molar-refractivity contribution >= 4 is 27.5 Å². The van der Waals surface area contributed by atoms with E-state index >= 15 is 0 Å². The number of ether oxygens (including phenoxy) is 1. The van der Waals surface area contributed by atoms with E-state index in [4.69, 9.17) is 0 Å². The lowest BCUT2D eigenvalue weighted by Crippen LogP contribution is -2.39. The molecule has 1 aromatic carbocycles. The number of nitrogens with one attached hydrogen (secondary N) is 1. The Labute approximate surface area is 153 Å². The van der Waals surface area contributed by atoms with Gasteiger partial charge in [-0.3, -0.25) is 0 Å². The number of urea groups is 1. The van der Waals surface area contributed by atoms with Gasteiger partial charge in [0.1, 0.15) is 0 Å². The molecule has 0 radical (unpaired) electrons. The lowest BCUT2D eigenvalue weighted by atomic mass is 10.00. The van der Waals surface area contributed by atoms with Gasteiger partial charge in [0.05, 0.1) is 23.7 Å². The van der Waals surface area contributed by atoms with Gasteiger partial charge < -0.3 is 19.9 Å². The summed E-state index contributed by atoms with van der Waals surface area (Å²) in [5.74, 6) is -0.364. The van der Waals surface area contributed by atoms with Crippen molar-refractivity contribution in [2.45, 2.75) is 11.3 Å². The van der Waals surface area contributed by atoms with Crippen molar-refractivity contribution < 1.29 is 22.7 Å². The molecule has 0 aliphatic carbocycles. The molecule has 142 valence electrons. The molecule has 1 N–H and O–H groups in total. The number of hydrogen-bond acceptors (Lipinski definition) is 6. The van der Waals surface area contributed by atoms with E-state index in [2.05, 4.69) is 10.1 Å². The molecule has 2 aliphatic heterocycles. The molecule has 2 saturated heterocycles. The molecule has 26 heavy (non-hydrogen) atoms. The fraction of sp³-hybridized carbons (Fsp3) is 0.529. The molecule has 0 saturated carbocycles. The van der Waals surface area contributed by atoms with Gasteiger partial charge in [-0.2, -0.15) is 0 Å². The molecule has 2 fully saturated rings. The third-order valence-corrected chi connectivity index (χ3v) is 7.40. The molecule has 0 bridgehead atoms. The van der Waals surface area contributed by atoms with E-state index in [0.717, 1.165) is 0 Å². The average molecular weight is 381 g/mol. The number of rotatable bonds is 3. The Bertz CT molecular complexity index is 806. The first-order chi connectivity index (χ1) is 12.2. The zero-order valence-corrected chi connectivity index (χ0v) is 15.8. The molecule has 0 spiro atoms. The predicted octanol–water partition coefficient (Wildman–Crippen LogP) is 0.664. The van der Waals surface area contributed by atoms with Crippen LogP contribution < -0.4 is 5.32 Å². The number of benzene rings is 1. The van der Waals surface area contributed by atoms with E-state index in [1.165, 1.54) is 7.11 Å². The zero-order valence-electron chi connectivity index (χ0n) is 15.0. The van der Waals surface area contributed by atoms with Crippen LogP contribution in [-0.2, 0) is 14.6 Å². The summed E-state index contributed by atoms with van der Waals surface area (Å²) in [7, 11) is 1.85. The maximum atomic E-state index is 12.5. The minimum absolute atomic E-state index is 0.0672. The maximum Gasteiger partial charge on any atom is 0.337 e. The smallest absolute Gasteiger partial charge is 0.337 e. The Balaban J connectivity index is 1.67. The molecule has 8 nitrogen and oxygen atoms in total. The first kappa shape index (κ1) is 18.7. The highest BCUT2D eigenvalue weighted by Gasteiger charge is 2.53. The molecular formula is C17H23N3O5S. The molecular weight excluding hydrogens is 358 g/mol. The number of esters is 1. The fourth-order valence-corrected chi connectivity index (χ4v) is 6.22. The van der Waals surface area contributed by atoms with Crippen molar-refractivity contribution in [1.82, 2.24) is 9.80 Å². The van der Waals surface area contributed by atoms with Gasteiger partial charge in [-0.1, -0.05) is 0 Å². The van der Waals surface area contributed by atoms with E-state index in [1.807, 2.05) is 19.0 Å². The average Bonchev–Trinajstić information content (AvgIpc) is 3.14. The number of anilines is 1. The summed E-state index contributed by atoms with van der Waals surface area (Å²) in [5, 5.41) is 2.26. The summed E-state index contributed by atoms with van der Waals surface area (Å²) in [5.41, 5.74) is 0.924. The van der Waals surface area contributed by atoms with Gasteiger partial charge in [-0.15, -0.1) is 0 Å². The third kappa shape index (κ3) is 3.41. The van der Waals surface area contributed by atoms with E-state index in [-0.39, 0.29) is 30.3 Å². The van der Waals surface area contributed by atoms with Gasteiger partial charge in [0.15, 0.2) is 9.84 Å². The summed E-state index contributed by atoms with van der Waals surface area (Å²) in [6.45, 7) is 0.627. The monoisotopic (exact) mass is 381 g/mol. The Hall–Kier alpha value is -2.13. The minimum Gasteiger partial charge on any atom is -0.465 e. The van der Waals surface area contributed by atoms with Crippen molar-refractivity contribution in [3.63, 3.8) is 0 Å². The Morgan fingerprint density at radius 2 is 1.85 bits per heavy atom. The highest BCUT2D eigenvalue weighted by Crippen LogP contribution is 2.36. The summed E-state index contributed by atoms with van der Waals surface area (Å²) in [6.07, 6.45) is 0. The van der Waals surface area contributed by atoms with Gasteiger partial charge in [-0.05, 0) is 38.4 Å². The molecule has 2 amide bonds. The minimum atomic E-state index is -3.19. The number of nitrogens with zero attached hydrogens (tertiary/aromatic N) is 2. The first-order valence-corrected chi connectivity index (χ1v) is 10.1. The van der Waals surface area contributed by atoms with Crippen molar-refractivity contribution in [1.29, 1.82) is 0 Å². The molecule has 0 aromatic heterocycles. The second-order valence-corrected chi connectivity index (χ2v) is 9.23. The third-order valence-electron chi connectivity index (χ3n) is 5.18. The summed E-state index contributed by atoms with van der Waals surface area (Å²) in [4.78, 5) is 27.4. The zero-order chi connectivity index (χ0) is 19.1. The van der Waals surface area contributed by atoms with Crippen molar-refractivity contribution in [2.75, 3.05) is 45.4 Å². The second-order valence-electron chi connectivity index (χ2n) is 6.97. The van der Waals surface area contributed by atoms with E-state index in [0.29, 0.717) is 17.8 Å². The highest BCUT2D eigenvalue weighted by atomic mass is 32.2. The normalized spacial score (nSPS) is 26.6. The summed E-state index contributed by atoms with van der Waals surface area (Å²) in [6, 6.07) is 5.94. The van der Waals surface area contributed by atoms with Crippen LogP contribution >= 0.6 is 0 Å². The first-order valence-electron chi connectivity index (χ1n) is 8.35. The quantitative estimate of drug-likeness (QED) is 0.773. The highest BCUT2D eigenvalue weighted by molar-refractivity contribution is 7.92. The van der Waals surface area contributed by atoms with E-state index in [9.17, 15) is 18.0 Å². The molecule has 2 heterocycles. The van der Waals surface area contributed by atoms with Crippen molar-refractivity contribution in [3.05, 3.63) is 29.8 Å². The molecule has 2 aliphatic rings. The van der Waals surface area contributed by atoms with E-state index in [1.54, 1.807) is 29.2 Å². The van der Waals surface area contributed by atoms with Crippen LogP contribution in [0.15, 0.2) is 24.3 Å². The molecule has 3 rings (SSSR count).